The maximum absolute atomic E-state index is 5.63. The molecule has 3 rings (SSSR count). The number of nitrogens with two attached hydrogens (primary N) is 1. The topological polar surface area (TPSA) is 67.1 Å². The SMILES string of the molecule is Cl.Nc1ncc(CNCc2ccc(N3CCCCCC3)nc2)s1. The van der Waals surface area contributed by atoms with Gasteiger partial charge in [0.25, 0.3) is 0 Å². The fourth-order valence-electron chi connectivity index (χ4n) is 2.74. The van der Waals surface area contributed by atoms with Crippen LogP contribution in [0.25, 0.3) is 0 Å². The minimum Gasteiger partial charge on any atom is -0.375 e. The highest BCUT2D eigenvalue weighted by atomic mass is 35.5. The first kappa shape index (κ1) is 18.0. The fourth-order valence-corrected chi connectivity index (χ4v) is 3.40. The molecule has 2 aromatic rings. The molecule has 1 saturated heterocycles. The number of halogens is 1. The highest BCUT2D eigenvalue weighted by molar-refractivity contribution is 7.15. The highest BCUT2D eigenvalue weighted by Crippen LogP contribution is 2.18. The number of thiazole rings is 1. The smallest absolute Gasteiger partial charge is 0.180 e. The van der Waals surface area contributed by atoms with Crippen molar-refractivity contribution in [2.75, 3.05) is 23.7 Å². The molecule has 0 bridgehead atoms. The van der Waals surface area contributed by atoms with Crippen LogP contribution in [0.5, 0.6) is 0 Å². The minimum absolute atomic E-state index is 0. The van der Waals surface area contributed by atoms with Gasteiger partial charge in [-0.1, -0.05) is 18.9 Å². The van der Waals surface area contributed by atoms with Gasteiger partial charge in [-0.15, -0.1) is 23.7 Å². The van der Waals surface area contributed by atoms with Gasteiger partial charge in [-0.25, -0.2) is 9.97 Å². The molecule has 0 atom stereocenters. The van der Waals surface area contributed by atoms with Crippen molar-refractivity contribution in [3.8, 4) is 0 Å². The van der Waals surface area contributed by atoms with Crippen LogP contribution in [0, 0.1) is 0 Å². The van der Waals surface area contributed by atoms with Gasteiger partial charge in [0, 0.05) is 43.4 Å². The van der Waals surface area contributed by atoms with E-state index in [0.29, 0.717) is 5.13 Å². The van der Waals surface area contributed by atoms with Crippen molar-refractivity contribution in [1.29, 1.82) is 0 Å². The number of pyridine rings is 1. The number of hydrogen-bond acceptors (Lipinski definition) is 6. The van der Waals surface area contributed by atoms with Crippen LogP contribution < -0.4 is 16.0 Å². The number of nitrogens with one attached hydrogen (secondary N) is 1. The summed E-state index contributed by atoms with van der Waals surface area (Å²) in [5, 5.41) is 4.03. The van der Waals surface area contributed by atoms with Crippen LogP contribution in [0.1, 0.15) is 36.1 Å². The molecule has 2 aromatic heterocycles. The van der Waals surface area contributed by atoms with Gasteiger partial charge in [-0.05, 0) is 24.5 Å². The zero-order valence-electron chi connectivity index (χ0n) is 13.2. The zero-order valence-corrected chi connectivity index (χ0v) is 14.8. The molecule has 126 valence electrons. The van der Waals surface area contributed by atoms with Gasteiger partial charge in [0.1, 0.15) is 5.82 Å². The van der Waals surface area contributed by atoms with E-state index in [4.69, 9.17) is 5.73 Å². The van der Waals surface area contributed by atoms with E-state index in [1.54, 1.807) is 0 Å². The summed E-state index contributed by atoms with van der Waals surface area (Å²) >= 11 is 1.53. The molecular weight excluding hydrogens is 330 g/mol. The third-order valence-electron chi connectivity index (χ3n) is 3.94. The van der Waals surface area contributed by atoms with Crippen molar-refractivity contribution in [1.82, 2.24) is 15.3 Å². The van der Waals surface area contributed by atoms with E-state index in [-0.39, 0.29) is 12.4 Å². The van der Waals surface area contributed by atoms with E-state index < -0.39 is 0 Å². The molecule has 0 spiro atoms. The van der Waals surface area contributed by atoms with Crippen molar-refractivity contribution in [3.05, 3.63) is 35.0 Å². The van der Waals surface area contributed by atoms with Crippen molar-refractivity contribution >= 4 is 34.7 Å². The number of nitrogen functional groups attached to an aromatic ring is 1. The van der Waals surface area contributed by atoms with E-state index in [1.807, 2.05) is 12.4 Å². The molecule has 1 fully saturated rings. The van der Waals surface area contributed by atoms with Gasteiger partial charge in [0.05, 0.1) is 0 Å². The molecular formula is C16H24ClN5S. The summed E-state index contributed by atoms with van der Waals surface area (Å²) in [6, 6.07) is 4.31. The van der Waals surface area contributed by atoms with E-state index in [1.165, 1.54) is 42.6 Å². The third-order valence-corrected chi connectivity index (χ3v) is 4.77. The Balaban J connectivity index is 0.00000192. The molecule has 0 aromatic carbocycles. The maximum atomic E-state index is 5.63. The van der Waals surface area contributed by atoms with Crippen molar-refractivity contribution < 1.29 is 0 Å². The molecule has 0 amide bonds. The molecule has 7 heteroatoms. The average molecular weight is 354 g/mol. The lowest BCUT2D eigenvalue weighted by Gasteiger charge is -2.21. The molecule has 0 radical (unpaired) electrons. The van der Waals surface area contributed by atoms with Gasteiger partial charge in [-0.2, -0.15) is 0 Å². The second-order valence-corrected chi connectivity index (χ2v) is 6.84. The number of anilines is 2. The van der Waals surface area contributed by atoms with Crippen molar-refractivity contribution in [2.45, 2.75) is 38.8 Å². The summed E-state index contributed by atoms with van der Waals surface area (Å²) in [6.07, 6.45) is 9.06. The maximum Gasteiger partial charge on any atom is 0.180 e. The summed E-state index contributed by atoms with van der Waals surface area (Å²) in [4.78, 5) is 12.2. The molecule has 3 heterocycles. The summed E-state index contributed by atoms with van der Waals surface area (Å²) in [6.45, 7) is 3.88. The largest absolute Gasteiger partial charge is 0.375 e. The zero-order chi connectivity index (χ0) is 15.2. The van der Waals surface area contributed by atoms with Gasteiger partial charge in [-0.3, -0.25) is 0 Å². The summed E-state index contributed by atoms with van der Waals surface area (Å²) in [5.74, 6) is 1.11. The monoisotopic (exact) mass is 353 g/mol. The molecule has 3 N–H and O–H groups in total. The molecule has 1 aliphatic heterocycles. The number of rotatable bonds is 5. The van der Waals surface area contributed by atoms with Gasteiger partial charge in [0.15, 0.2) is 5.13 Å². The lowest BCUT2D eigenvalue weighted by atomic mass is 10.2. The Bertz CT molecular complexity index is 578. The first-order chi connectivity index (χ1) is 10.8. The lowest BCUT2D eigenvalue weighted by Crippen LogP contribution is -2.24. The Morgan fingerprint density at radius 1 is 1.04 bits per heavy atom. The van der Waals surface area contributed by atoms with Crippen LogP contribution in [0.2, 0.25) is 0 Å². The third kappa shape index (κ3) is 5.34. The second kappa shape index (κ2) is 9.05. The average Bonchev–Trinajstić information content (AvgIpc) is 2.78. The molecule has 0 aliphatic carbocycles. The standard InChI is InChI=1S/C16H23N5S.ClH/c17-16-20-12-14(22-16)11-18-9-13-5-6-15(19-10-13)21-7-3-1-2-4-8-21;/h5-6,10,12,18H,1-4,7-9,11H2,(H2,17,20);1H. The normalized spacial score (nSPS) is 15.0. The van der Waals surface area contributed by atoms with E-state index in [2.05, 4.69) is 32.3 Å². The van der Waals surface area contributed by atoms with Gasteiger partial charge >= 0.3 is 0 Å². The predicted molar refractivity (Wildman–Crippen MR) is 99.2 cm³/mol. The Morgan fingerprint density at radius 3 is 2.43 bits per heavy atom. The number of hydrogen-bond donors (Lipinski definition) is 2. The Hall–Kier alpha value is -1.37. The van der Waals surface area contributed by atoms with Crippen LogP contribution in [-0.2, 0) is 13.1 Å². The first-order valence-corrected chi connectivity index (χ1v) is 8.74. The van der Waals surface area contributed by atoms with Gasteiger partial charge in [0.2, 0.25) is 0 Å². The number of aromatic nitrogens is 2. The Labute approximate surface area is 147 Å². The van der Waals surface area contributed by atoms with Crippen LogP contribution in [0.4, 0.5) is 10.9 Å². The second-order valence-electron chi connectivity index (χ2n) is 5.69. The van der Waals surface area contributed by atoms with Crippen LogP contribution in [0.15, 0.2) is 24.5 Å². The van der Waals surface area contributed by atoms with E-state index >= 15 is 0 Å². The Kier molecular flexibility index (Phi) is 7.08. The minimum atomic E-state index is 0. The fraction of sp³-hybridized carbons (Fsp3) is 0.500. The summed E-state index contributed by atoms with van der Waals surface area (Å²) < 4.78 is 0. The van der Waals surface area contributed by atoms with Crippen molar-refractivity contribution in [2.24, 2.45) is 0 Å². The molecule has 0 saturated carbocycles. The highest BCUT2D eigenvalue weighted by Gasteiger charge is 2.10. The Morgan fingerprint density at radius 2 is 1.83 bits per heavy atom. The first-order valence-electron chi connectivity index (χ1n) is 7.92. The molecule has 23 heavy (non-hydrogen) atoms. The molecule has 1 aliphatic rings. The van der Waals surface area contributed by atoms with Crippen LogP contribution in [-0.4, -0.2) is 23.1 Å². The van der Waals surface area contributed by atoms with Crippen LogP contribution in [0.3, 0.4) is 0 Å². The van der Waals surface area contributed by atoms with Crippen molar-refractivity contribution in [3.63, 3.8) is 0 Å². The molecule has 0 unspecified atom stereocenters. The number of nitrogens with zero attached hydrogens (tertiary/aromatic N) is 3. The van der Waals surface area contributed by atoms with E-state index in [9.17, 15) is 0 Å². The summed E-state index contributed by atoms with van der Waals surface area (Å²) in [7, 11) is 0. The lowest BCUT2D eigenvalue weighted by molar-refractivity contribution is 0.696. The van der Waals surface area contributed by atoms with Crippen LogP contribution >= 0.6 is 23.7 Å². The van der Waals surface area contributed by atoms with E-state index in [0.717, 1.165) is 36.9 Å². The molecule has 5 nitrogen and oxygen atoms in total. The quantitative estimate of drug-likeness (QED) is 0.863. The summed E-state index contributed by atoms with van der Waals surface area (Å²) in [5.41, 5.74) is 6.83. The van der Waals surface area contributed by atoms with Gasteiger partial charge < -0.3 is 16.0 Å². The predicted octanol–water partition coefficient (Wildman–Crippen LogP) is 3.21.